The molecule has 0 spiro atoms. The van der Waals surface area contributed by atoms with Crippen molar-refractivity contribution in [3.05, 3.63) is 53.5 Å². The van der Waals surface area contributed by atoms with E-state index in [2.05, 4.69) is 15.6 Å². The first kappa shape index (κ1) is 21.5. The summed E-state index contributed by atoms with van der Waals surface area (Å²) in [6.07, 6.45) is 3.98. The van der Waals surface area contributed by atoms with E-state index < -0.39 is 0 Å². The molecule has 4 aromatic rings. The van der Waals surface area contributed by atoms with Crippen molar-refractivity contribution in [1.29, 1.82) is 0 Å². The predicted octanol–water partition coefficient (Wildman–Crippen LogP) is 4.57. The van der Waals surface area contributed by atoms with Gasteiger partial charge in [-0.05, 0) is 43.1 Å². The lowest BCUT2D eigenvalue weighted by Crippen LogP contribution is -2.18. The van der Waals surface area contributed by atoms with Gasteiger partial charge in [-0.3, -0.25) is 9.20 Å². The first-order valence-corrected chi connectivity index (χ1v) is 10.7. The van der Waals surface area contributed by atoms with Crippen LogP contribution in [0.5, 0.6) is 5.75 Å². The maximum atomic E-state index is 14.9. The van der Waals surface area contributed by atoms with Gasteiger partial charge in [-0.25, -0.2) is 9.37 Å². The SMILES string of the molecule is CNC(=O)c1cc2sc3nc(-c4ccc(C5CCCN5)cc4F)cn3c2cc1OC.Cl. The molecule has 0 radical (unpaired) electrons. The highest BCUT2D eigenvalue weighted by Gasteiger charge is 2.20. The smallest absolute Gasteiger partial charge is 0.254 e. The minimum absolute atomic E-state index is 0. The van der Waals surface area contributed by atoms with Crippen molar-refractivity contribution in [1.82, 2.24) is 20.0 Å². The maximum Gasteiger partial charge on any atom is 0.254 e. The lowest BCUT2D eigenvalue weighted by Gasteiger charge is -2.11. The number of hydrogen-bond acceptors (Lipinski definition) is 5. The number of nitrogens with zero attached hydrogens (tertiary/aromatic N) is 2. The van der Waals surface area contributed by atoms with Crippen LogP contribution in [0, 0.1) is 5.82 Å². The van der Waals surface area contributed by atoms with Gasteiger partial charge in [0.05, 0.1) is 28.6 Å². The molecule has 2 aromatic carbocycles. The Morgan fingerprint density at radius 1 is 1.35 bits per heavy atom. The van der Waals surface area contributed by atoms with Gasteiger partial charge in [-0.15, -0.1) is 12.4 Å². The standard InChI is InChI=1S/C22H21FN4O2S.ClH/c1-24-21(28)14-9-20-18(10-19(14)29-2)27-11-17(26-22(27)30-20)13-6-5-12(8-15(13)23)16-4-3-7-25-16;/h5-6,8-11,16,25H,3-4,7H2,1-2H3,(H,24,28);1H. The van der Waals surface area contributed by atoms with Crippen molar-refractivity contribution in [2.45, 2.75) is 18.9 Å². The van der Waals surface area contributed by atoms with Crippen molar-refractivity contribution < 1.29 is 13.9 Å². The van der Waals surface area contributed by atoms with Gasteiger partial charge < -0.3 is 15.4 Å². The number of carbonyl (C=O) groups is 1. The molecule has 1 aliphatic heterocycles. The van der Waals surface area contributed by atoms with E-state index in [4.69, 9.17) is 4.74 Å². The van der Waals surface area contributed by atoms with Gasteiger partial charge in [0.25, 0.3) is 5.91 Å². The van der Waals surface area contributed by atoms with Crippen LogP contribution in [0.25, 0.3) is 26.4 Å². The minimum atomic E-state index is -0.268. The Morgan fingerprint density at radius 3 is 2.87 bits per heavy atom. The molecule has 0 bridgehead atoms. The molecule has 9 heteroatoms. The monoisotopic (exact) mass is 460 g/mol. The highest BCUT2D eigenvalue weighted by molar-refractivity contribution is 7.23. The van der Waals surface area contributed by atoms with E-state index in [1.165, 1.54) is 18.4 Å². The normalized spacial score (nSPS) is 15.9. The van der Waals surface area contributed by atoms with Crippen molar-refractivity contribution in [3.8, 4) is 17.0 Å². The van der Waals surface area contributed by atoms with E-state index in [0.717, 1.165) is 40.1 Å². The molecule has 6 nitrogen and oxygen atoms in total. The molecular weight excluding hydrogens is 439 g/mol. The topological polar surface area (TPSA) is 67.7 Å². The van der Waals surface area contributed by atoms with Crippen LogP contribution in [-0.2, 0) is 0 Å². The van der Waals surface area contributed by atoms with E-state index in [9.17, 15) is 9.18 Å². The molecular formula is C22H22ClFN4O2S. The Kier molecular flexibility index (Phi) is 5.88. The first-order valence-electron chi connectivity index (χ1n) is 9.84. The third-order valence-electron chi connectivity index (χ3n) is 5.62. The molecule has 5 rings (SSSR count). The number of hydrogen-bond donors (Lipinski definition) is 2. The number of ether oxygens (including phenoxy) is 1. The van der Waals surface area contributed by atoms with Crippen molar-refractivity contribution in [3.63, 3.8) is 0 Å². The molecule has 31 heavy (non-hydrogen) atoms. The lowest BCUT2D eigenvalue weighted by molar-refractivity contribution is 0.0960. The van der Waals surface area contributed by atoms with E-state index in [0.29, 0.717) is 22.6 Å². The number of carbonyl (C=O) groups excluding carboxylic acids is 1. The summed E-state index contributed by atoms with van der Waals surface area (Å²) < 4.78 is 23.1. The average Bonchev–Trinajstić information content (AvgIpc) is 3.48. The fourth-order valence-corrected chi connectivity index (χ4v) is 5.09. The second-order valence-corrected chi connectivity index (χ2v) is 8.38. The lowest BCUT2D eigenvalue weighted by atomic mass is 10.0. The molecule has 1 aliphatic rings. The van der Waals surface area contributed by atoms with Gasteiger partial charge in [-0.2, -0.15) is 0 Å². The molecule has 3 heterocycles. The van der Waals surface area contributed by atoms with Gasteiger partial charge in [-0.1, -0.05) is 17.4 Å². The molecule has 2 N–H and O–H groups in total. The number of fused-ring (bicyclic) bond motifs is 3. The van der Waals surface area contributed by atoms with Crippen molar-refractivity contribution >= 4 is 44.8 Å². The number of amides is 1. The number of thiazole rings is 1. The van der Waals surface area contributed by atoms with Crippen LogP contribution in [0.15, 0.2) is 36.5 Å². The molecule has 1 unspecified atom stereocenters. The van der Waals surface area contributed by atoms with Crippen LogP contribution >= 0.6 is 23.7 Å². The summed E-state index contributed by atoms with van der Waals surface area (Å²) in [6.45, 7) is 0.976. The molecule has 0 aliphatic carbocycles. The third-order valence-corrected chi connectivity index (χ3v) is 6.64. The summed E-state index contributed by atoms with van der Waals surface area (Å²) in [5, 5.41) is 6.03. The van der Waals surface area contributed by atoms with Crippen LogP contribution in [0.4, 0.5) is 4.39 Å². The average molecular weight is 461 g/mol. The second-order valence-electron chi connectivity index (χ2n) is 7.37. The number of halogens is 2. The highest BCUT2D eigenvalue weighted by atomic mass is 35.5. The molecule has 0 saturated carbocycles. The van der Waals surface area contributed by atoms with E-state index >= 15 is 0 Å². The summed E-state index contributed by atoms with van der Waals surface area (Å²) >= 11 is 1.45. The van der Waals surface area contributed by atoms with E-state index in [1.807, 2.05) is 28.8 Å². The Bertz CT molecular complexity index is 1280. The Morgan fingerprint density at radius 2 is 2.19 bits per heavy atom. The first-order chi connectivity index (χ1) is 14.6. The van der Waals surface area contributed by atoms with Gasteiger partial charge in [0.15, 0.2) is 4.96 Å². The number of nitrogens with one attached hydrogen (secondary N) is 2. The Balaban J connectivity index is 0.00000231. The quantitative estimate of drug-likeness (QED) is 0.468. The molecule has 1 saturated heterocycles. The number of benzene rings is 2. The number of imidazole rings is 1. The summed E-state index contributed by atoms with van der Waals surface area (Å²) in [5.41, 5.74) is 3.38. The van der Waals surface area contributed by atoms with Gasteiger partial charge in [0.1, 0.15) is 11.6 Å². The zero-order valence-corrected chi connectivity index (χ0v) is 18.7. The molecule has 2 aromatic heterocycles. The third kappa shape index (κ3) is 3.64. The summed E-state index contributed by atoms with van der Waals surface area (Å²) in [7, 11) is 3.12. The van der Waals surface area contributed by atoms with E-state index in [1.54, 1.807) is 19.2 Å². The predicted molar refractivity (Wildman–Crippen MR) is 123 cm³/mol. The summed E-state index contributed by atoms with van der Waals surface area (Å²) in [6, 6.07) is 9.25. The second kappa shape index (κ2) is 8.45. The molecule has 1 atom stereocenters. The molecule has 162 valence electrons. The van der Waals surface area contributed by atoms with Gasteiger partial charge in [0, 0.05) is 30.9 Å². The minimum Gasteiger partial charge on any atom is -0.496 e. The number of rotatable bonds is 4. The van der Waals surface area contributed by atoms with Crippen LogP contribution < -0.4 is 15.4 Å². The fourth-order valence-electron chi connectivity index (χ4n) is 4.06. The van der Waals surface area contributed by atoms with Gasteiger partial charge >= 0.3 is 0 Å². The summed E-state index contributed by atoms with van der Waals surface area (Å²) in [4.78, 5) is 17.5. The van der Waals surface area contributed by atoms with Crippen molar-refractivity contribution in [2.24, 2.45) is 0 Å². The fraction of sp³-hybridized carbons (Fsp3) is 0.273. The van der Waals surface area contributed by atoms with Crippen molar-refractivity contribution in [2.75, 3.05) is 20.7 Å². The largest absolute Gasteiger partial charge is 0.496 e. The zero-order valence-electron chi connectivity index (χ0n) is 17.1. The molecule has 1 amide bonds. The van der Waals surface area contributed by atoms with Crippen LogP contribution in [0.1, 0.15) is 34.8 Å². The van der Waals surface area contributed by atoms with Crippen LogP contribution in [0.3, 0.4) is 0 Å². The molecule has 1 fully saturated rings. The maximum absolute atomic E-state index is 14.9. The number of aromatic nitrogens is 2. The van der Waals surface area contributed by atoms with Crippen LogP contribution in [0.2, 0.25) is 0 Å². The Labute approximate surface area is 188 Å². The Hall–Kier alpha value is -2.68. The van der Waals surface area contributed by atoms with Crippen LogP contribution in [-0.4, -0.2) is 36.0 Å². The highest BCUT2D eigenvalue weighted by Crippen LogP contribution is 2.35. The van der Waals surface area contributed by atoms with Gasteiger partial charge in [0.2, 0.25) is 0 Å². The number of methoxy groups -OCH3 is 1. The van der Waals surface area contributed by atoms with E-state index in [-0.39, 0.29) is 30.2 Å². The zero-order chi connectivity index (χ0) is 20.8. The summed E-state index contributed by atoms with van der Waals surface area (Å²) in [5.74, 6) is 0.00605.